The minimum Gasteiger partial charge on any atom is -0.462 e. The van der Waals surface area contributed by atoms with Crippen LogP contribution in [0.25, 0.3) is 16.8 Å². The van der Waals surface area contributed by atoms with Gasteiger partial charge in [-0.15, -0.1) is 0 Å². The zero-order valence-corrected chi connectivity index (χ0v) is 16.7. The van der Waals surface area contributed by atoms with Crippen LogP contribution in [-0.4, -0.2) is 27.7 Å². The SMILES string of the molecule is CCOC(=O)c1cc(C(=O)c2ccc(F)cc2)n2cnc(-c3ccc(Cl)cc3)cc12. The van der Waals surface area contributed by atoms with Crippen molar-refractivity contribution in [3.63, 3.8) is 0 Å². The van der Waals surface area contributed by atoms with E-state index >= 15 is 0 Å². The lowest BCUT2D eigenvalue weighted by Crippen LogP contribution is -2.05. The Hall–Kier alpha value is -3.51. The van der Waals surface area contributed by atoms with E-state index in [0.29, 0.717) is 21.8 Å². The topological polar surface area (TPSA) is 60.7 Å². The van der Waals surface area contributed by atoms with E-state index in [2.05, 4.69) is 4.98 Å². The zero-order chi connectivity index (χ0) is 21.3. The molecule has 0 saturated carbocycles. The van der Waals surface area contributed by atoms with Gasteiger partial charge < -0.3 is 4.74 Å². The molecular weight excluding hydrogens is 407 g/mol. The van der Waals surface area contributed by atoms with Gasteiger partial charge in [0.05, 0.1) is 29.1 Å². The molecule has 0 bridgehead atoms. The van der Waals surface area contributed by atoms with Gasteiger partial charge in [0.25, 0.3) is 0 Å². The average molecular weight is 423 g/mol. The van der Waals surface area contributed by atoms with Crippen LogP contribution in [0, 0.1) is 5.82 Å². The summed E-state index contributed by atoms with van der Waals surface area (Å²) in [6, 6.07) is 15.6. The highest BCUT2D eigenvalue weighted by Crippen LogP contribution is 2.26. The average Bonchev–Trinajstić information content (AvgIpc) is 3.13. The van der Waals surface area contributed by atoms with Crippen molar-refractivity contribution in [3.05, 3.63) is 94.7 Å². The highest BCUT2D eigenvalue weighted by Gasteiger charge is 2.22. The van der Waals surface area contributed by atoms with Crippen molar-refractivity contribution in [2.24, 2.45) is 0 Å². The number of ether oxygens (including phenoxy) is 1. The predicted octanol–water partition coefficient (Wildman–Crippen LogP) is 5.20. The first-order valence-corrected chi connectivity index (χ1v) is 9.60. The Labute approximate surface area is 176 Å². The van der Waals surface area contributed by atoms with Crippen molar-refractivity contribution >= 4 is 28.9 Å². The Morgan fingerprint density at radius 3 is 2.43 bits per heavy atom. The fourth-order valence-electron chi connectivity index (χ4n) is 3.17. The van der Waals surface area contributed by atoms with E-state index in [9.17, 15) is 14.0 Å². The van der Waals surface area contributed by atoms with Crippen molar-refractivity contribution in [3.8, 4) is 11.3 Å². The highest BCUT2D eigenvalue weighted by molar-refractivity contribution is 6.30. The maximum Gasteiger partial charge on any atom is 0.340 e. The summed E-state index contributed by atoms with van der Waals surface area (Å²) in [6.07, 6.45) is 1.48. The number of ketones is 1. The molecule has 0 aliphatic heterocycles. The molecule has 2 aromatic heterocycles. The summed E-state index contributed by atoms with van der Waals surface area (Å²) in [5.74, 6) is -1.34. The zero-order valence-electron chi connectivity index (χ0n) is 15.9. The summed E-state index contributed by atoms with van der Waals surface area (Å²) in [7, 11) is 0. The van der Waals surface area contributed by atoms with Crippen LogP contribution in [-0.2, 0) is 4.74 Å². The molecule has 0 radical (unpaired) electrons. The number of esters is 1. The van der Waals surface area contributed by atoms with Crippen LogP contribution in [0.4, 0.5) is 4.39 Å². The lowest BCUT2D eigenvalue weighted by molar-refractivity contribution is 0.0529. The molecule has 30 heavy (non-hydrogen) atoms. The van der Waals surface area contributed by atoms with Crippen LogP contribution < -0.4 is 0 Å². The second-order valence-corrected chi connectivity index (χ2v) is 6.97. The fourth-order valence-corrected chi connectivity index (χ4v) is 3.30. The van der Waals surface area contributed by atoms with E-state index in [4.69, 9.17) is 16.3 Å². The Morgan fingerprint density at radius 2 is 1.77 bits per heavy atom. The predicted molar refractivity (Wildman–Crippen MR) is 111 cm³/mol. The molecule has 0 aliphatic rings. The second kappa shape index (κ2) is 8.08. The molecule has 5 nitrogen and oxygen atoms in total. The number of fused-ring (bicyclic) bond motifs is 1. The molecule has 4 aromatic rings. The second-order valence-electron chi connectivity index (χ2n) is 6.54. The molecule has 0 spiro atoms. The van der Waals surface area contributed by atoms with Gasteiger partial charge in [0.1, 0.15) is 12.1 Å². The van der Waals surface area contributed by atoms with E-state index < -0.39 is 11.8 Å². The van der Waals surface area contributed by atoms with Gasteiger partial charge in [0, 0.05) is 16.1 Å². The van der Waals surface area contributed by atoms with Gasteiger partial charge in [-0.05, 0) is 55.5 Å². The van der Waals surface area contributed by atoms with E-state index in [1.54, 1.807) is 25.1 Å². The number of halogens is 2. The van der Waals surface area contributed by atoms with Gasteiger partial charge >= 0.3 is 5.97 Å². The maximum atomic E-state index is 13.2. The molecule has 2 heterocycles. The Kier molecular flexibility index (Phi) is 5.33. The largest absolute Gasteiger partial charge is 0.462 e. The summed E-state index contributed by atoms with van der Waals surface area (Å²) in [5, 5.41) is 0.599. The lowest BCUT2D eigenvalue weighted by atomic mass is 10.1. The maximum absolute atomic E-state index is 13.2. The molecule has 0 aliphatic carbocycles. The molecule has 0 unspecified atom stereocenters. The summed E-state index contributed by atoms with van der Waals surface area (Å²) >= 11 is 5.96. The number of rotatable bonds is 5. The third-order valence-corrected chi connectivity index (χ3v) is 4.89. The number of nitrogens with zero attached hydrogens (tertiary/aromatic N) is 2. The molecule has 0 saturated heterocycles. The molecule has 0 fully saturated rings. The number of carbonyl (C=O) groups excluding carboxylic acids is 2. The van der Waals surface area contributed by atoms with E-state index in [1.807, 2.05) is 12.1 Å². The molecule has 0 N–H and O–H groups in total. The van der Waals surface area contributed by atoms with Crippen molar-refractivity contribution < 1.29 is 18.7 Å². The third kappa shape index (κ3) is 3.69. The van der Waals surface area contributed by atoms with Crippen molar-refractivity contribution in [1.29, 1.82) is 0 Å². The quantitative estimate of drug-likeness (QED) is 0.327. The van der Waals surface area contributed by atoms with Gasteiger partial charge in [-0.1, -0.05) is 23.7 Å². The first-order chi connectivity index (χ1) is 14.5. The highest BCUT2D eigenvalue weighted by atomic mass is 35.5. The molecule has 0 atom stereocenters. The van der Waals surface area contributed by atoms with Gasteiger partial charge in [0.15, 0.2) is 0 Å². The smallest absolute Gasteiger partial charge is 0.340 e. The van der Waals surface area contributed by atoms with Gasteiger partial charge in [0.2, 0.25) is 5.78 Å². The molecule has 4 rings (SSSR count). The first kappa shape index (κ1) is 19.8. The van der Waals surface area contributed by atoms with E-state index in [0.717, 1.165) is 5.56 Å². The summed E-state index contributed by atoms with van der Waals surface area (Å²) in [4.78, 5) is 30.0. The number of aromatic nitrogens is 2. The number of hydrogen-bond acceptors (Lipinski definition) is 4. The van der Waals surface area contributed by atoms with Crippen molar-refractivity contribution in [2.45, 2.75) is 6.92 Å². The van der Waals surface area contributed by atoms with Gasteiger partial charge in [-0.3, -0.25) is 9.20 Å². The molecule has 7 heteroatoms. The van der Waals surface area contributed by atoms with Crippen LogP contribution in [0.3, 0.4) is 0 Å². The van der Waals surface area contributed by atoms with Crippen molar-refractivity contribution in [1.82, 2.24) is 9.38 Å². The number of benzene rings is 2. The van der Waals surface area contributed by atoms with Crippen LogP contribution in [0.5, 0.6) is 0 Å². The molecule has 150 valence electrons. The molecular formula is C23H16ClFN2O3. The summed E-state index contributed by atoms with van der Waals surface area (Å²) < 4.78 is 19.9. The van der Waals surface area contributed by atoms with Gasteiger partial charge in [-0.2, -0.15) is 0 Å². The van der Waals surface area contributed by atoms with E-state index in [1.165, 1.54) is 41.1 Å². The monoisotopic (exact) mass is 422 g/mol. The Bertz CT molecular complexity index is 1250. The van der Waals surface area contributed by atoms with Crippen LogP contribution in [0.2, 0.25) is 5.02 Å². The minimum atomic E-state index is -0.540. The van der Waals surface area contributed by atoms with Crippen LogP contribution in [0.15, 0.2) is 67.0 Å². The first-order valence-electron chi connectivity index (χ1n) is 9.22. The lowest BCUT2D eigenvalue weighted by Gasteiger charge is -2.06. The number of carbonyl (C=O) groups is 2. The summed E-state index contributed by atoms with van der Waals surface area (Å²) in [5.41, 5.74) is 2.69. The molecule has 2 aromatic carbocycles. The normalized spacial score (nSPS) is 10.9. The van der Waals surface area contributed by atoms with Gasteiger partial charge in [-0.25, -0.2) is 14.2 Å². The number of hydrogen-bond donors (Lipinski definition) is 0. The van der Waals surface area contributed by atoms with Crippen LogP contribution >= 0.6 is 11.6 Å². The third-order valence-electron chi connectivity index (χ3n) is 4.64. The summed E-state index contributed by atoms with van der Waals surface area (Å²) in [6.45, 7) is 1.91. The molecule has 0 amide bonds. The minimum absolute atomic E-state index is 0.201. The van der Waals surface area contributed by atoms with E-state index in [-0.39, 0.29) is 23.6 Å². The fraction of sp³-hybridized carbons (Fsp3) is 0.0870. The van der Waals surface area contributed by atoms with Crippen LogP contribution in [0.1, 0.15) is 33.3 Å². The van der Waals surface area contributed by atoms with Crippen molar-refractivity contribution in [2.75, 3.05) is 6.61 Å². The standard InChI is InChI=1S/C23H16ClFN2O3/c1-2-30-23(29)18-11-21(22(28)15-5-9-17(25)10-6-15)27-13-26-19(12-20(18)27)14-3-7-16(24)8-4-14/h3-13H,2H2,1H3. The Balaban J connectivity index is 1.87. The Morgan fingerprint density at radius 1 is 1.07 bits per heavy atom.